The molecule has 16 heavy (non-hydrogen) atoms. The minimum Gasteiger partial charge on any atom is -0.384 e. The van der Waals surface area contributed by atoms with Crippen LogP contribution in [0.1, 0.15) is 22.2 Å². The predicted molar refractivity (Wildman–Crippen MR) is 65.6 cm³/mol. The van der Waals surface area contributed by atoms with Gasteiger partial charge in [0.1, 0.15) is 0 Å². The lowest BCUT2D eigenvalue weighted by Crippen LogP contribution is -2.23. The van der Waals surface area contributed by atoms with Gasteiger partial charge in [0.15, 0.2) is 0 Å². The summed E-state index contributed by atoms with van der Waals surface area (Å²) in [7, 11) is 1.70. The summed E-state index contributed by atoms with van der Waals surface area (Å²) >= 11 is 1.55. The molecule has 0 radical (unpaired) electrons. The average molecular weight is 242 g/mol. The third-order valence-electron chi connectivity index (χ3n) is 2.18. The molecule has 90 valence electrons. The first-order valence-electron chi connectivity index (χ1n) is 5.20. The number of rotatable bonds is 7. The second-order valence-electron chi connectivity index (χ2n) is 3.86. The fraction of sp³-hybridized carbons (Fsp3) is 0.545. The zero-order valence-electron chi connectivity index (χ0n) is 9.66. The van der Waals surface area contributed by atoms with Crippen molar-refractivity contribution in [3.8, 4) is 0 Å². The summed E-state index contributed by atoms with van der Waals surface area (Å²) < 4.78 is 5.04. The van der Waals surface area contributed by atoms with E-state index in [0.29, 0.717) is 11.5 Å². The number of nitrogens with one attached hydrogen (secondary N) is 1. The number of hydrogen-bond acceptors (Lipinski definition) is 4. The Labute approximate surface area is 99.8 Å². The van der Waals surface area contributed by atoms with E-state index in [2.05, 4.69) is 12.2 Å². The minimum absolute atomic E-state index is 0.366. The van der Waals surface area contributed by atoms with E-state index in [1.165, 1.54) is 0 Å². The molecule has 0 saturated carbocycles. The number of carbonyl (C=O) groups is 1. The lowest BCUT2D eigenvalue weighted by Gasteiger charge is -2.10. The third kappa shape index (κ3) is 4.30. The number of carbonyl (C=O) groups excluding carboxylic acids is 1. The minimum atomic E-state index is -0.366. The fourth-order valence-corrected chi connectivity index (χ4v) is 2.23. The zero-order chi connectivity index (χ0) is 12.0. The Kier molecular flexibility index (Phi) is 5.45. The van der Waals surface area contributed by atoms with Gasteiger partial charge in [-0.25, -0.2) is 0 Å². The molecule has 4 nitrogen and oxygen atoms in total. The van der Waals surface area contributed by atoms with Crippen LogP contribution in [0.5, 0.6) is 0 Å². The Bertz CT molecular complexity index is 338. The van der Waals surface area contributed by atoms with Crippen LogP contribution in [0.25, 0.3) is 0 Å². The number of primary amides is 1. The summed E-state index contributed by atoms with van der Waals surface area (Å²) in [4.78, 5) is 12.0. The summed E-state index contributed by atoms with van der Waals surface area (Å²) in [5, 5.41) is 5.11. The molecule has 0 bridgehead atoms. The van der Waals surface area contributed by atoms with Gasteiger partial charge in [-0.2, -0.15) is 0 Å². The van der Waals surface area contributed by atoms with E-state index in [9.17, 15) is 4.79 Å². The summed E-state index contributed by atoms with van der Waals surface area (Å²) in [5.74, 6) is 0.121. The van der Waals surface area contributed by atoms with Gasteiger partial charge in [-0.05, 0) is 12.0 Å². The maximum atomic E-state index is 10.9. The highest BCUT2D eigenvalue weighted by molar-refractivity contribution is 7.10. The molecule has 1 aromatic heterocycles. The molecular weight excluding hydrogens is 224 g/mol. The van der Waals surface area contributed by atoms with E-state index in [1.807, 2.05) is 6.07 Å². The molecule has 1 atom stereocenters. The Hall–Kier alpha value is -0.910. The van der Waals surface area contributed by atoms with Gasteiger partial charge in [0, 0.05) is 37.1 Å². The van der Waals surface area contributed by atoms with Crippen molar-refractivity contribution >= 4 is 17.2 Å². The SMILES string of the molecule is COCC(C)CNCc1cc(C(N)=O)cs1. The fourth-order valence-electron chi connectivity index (χ4n) is 1.39. The lowest BCUT2D eigenvalue weighted by molar-refractivity contribution is 0.100. The maximum Gasteiger partial charge on any atom is 0.249 e. The topological polar surface area (TPSA) is 64.3 Å². The molecule has 1 amide bonds. The number of methoxy groups -OCH3 is 1. The molecule has 3 N–H and O–H groups in total. The van der Waals surface area contributed by atoms with Crippen LogP contribution < -0.4 is 11.1 Å². The van der Waals surface area contributed by atoms with Crippen LogP contribution in [-0.2, 0) is 11.3 Å². The first-order chi connectivity index (χ1) is 7.63. The molecule has 1 unspecified atom stereocenters. The van der Waals surface area contributed by atoms with Crippen LogP contribution >= 0.6 is 11.3 Å². The molecule has 1 heterocycles. The first kappa shape index (κ1) is 13.2. The maximum absolute atomic E-state index is 10.9. The van der Waals surface area contributed by atoms with Gasteiger partial charge in [-0.15, -0.1) is 11.3 Å². The Morgan fingerprint density at radius 3 is 3.00 bits per heavy atom. The smallest absolute Gasteiger partial charge is 0.249 e. The van der Waals surface area contributed by atoms with E-state index in [-0.39, 0.29) is 5.91 Å². The van der Waals surface area contributed by atoms with E-state index < -0.39 is 0 Å². The normalized spacial score (nSPS) is 12.6. The summed E-state index contributed by atoms with van der Waals surface area (Å²) in [6.45, 7) is 4.55. The molecular formula is C11H18N2O2S. The molecule has 1 aromatic rings. The van der Waals surface area contributed by atoms with E-state index in [1.54, 1.807) is 23.8 Å². The second kappa shape index (κ2) is 6.62. The Morgan fingerprint density at radius 2 is 2.44 bits per heavy atom. The van der Waals surface area contributed by atoms with Crippen LogP contribution in [0, 0.1) is 5.92 Å². The number of thiophene rings is 1. The van der Waals surface area contributed by atoms with Crippen LogP contribution in [0.4, 0.5) is 0 Å². The molecule has 0 spiro atoms. The quantitative estimate of drug-likeness (QED) is 0.755. The van der Waals surface area contributed by atoms with E-state index >= 15 is 0 Å². The number of ether oxygens (including phenoxy) is 1. The Balaban J connectivity index is 2.29. The van der Waals surface area contributed by atoms with Crippen LogP contribution in [0.15, 0.2) is 11.4 Å². The van der Waals surface area contributed by atoms with Crippen LogP contribution in [-0.4, -0.2) is 26.2 Å². The van der Waals surface area contributed by atoms with Crippen molar-refractivity contribution in [2.24, 2.45) is 11.7 Å². The largest absolute Gasteiger partial charge is 0.384 e. The highest BCUT2D eigenvalue weighted by atomic mass is 32.1. The average Bonchev–Trinajstić information content (AvgIpc) is 2.67. The highest BCUT2D eigenvalue weighted by Crippen LogP contribution is 2.13. The number of nitrogens with two attached hydrogens (primary N) is 1. The molecule has 0 aliphatic heterocycles. The van der Waals surface area contributed by atoms with Crippen molar-refractivity contribution in [1.29, 1.82) is 0 Å². The van der Waals surface area contributed by atoms with Crippen molar-refractivity contribution in [3.63, 3.8) is 0 Å². The predicted octanol–water partition coefficient (Wildman–Crippen LogP) is 1.22. The van der Waals surface area contributed by atoms with Gasteiger partial charge in [0.2, 0.25) is 5.91 Å². The van der Waals surface area contributed by atoms with Crippen molar-refractivity contribution < 1.29 is 9.53 Å². The van der Waals surface area contributed by atoms with Crippen LogP contribution in [0.3, 0.4) is 0 Å². The van der Waals surface area contributed by atoms with Crippen molar-refractivity contribution in [1.82, 2.24) is 5.32 Å². The molecule has 0 aromatic carbocycles. The number of amides is 1. The monoisotopic (exact) mass is 242 g/mol. The molecule has 1 rings (SSSR count). The second-order valence-corrected chi connectivity index (χ2v) is 4.85. The molecule has 0 aliphatic rings. The van der Waals surface area contributed by atoms with Crippen molar-refractivity contribution in [2.45, 2.75) is 13.5 Å². The summed E-state index contributed by atoms with van der Waals surface area (Å²) in [6, 6.07) is 1.83. The highest BCUT2D eigenvalue weighted by Gasteiger charge is 2.05. The Morgan fingerprint density at radius 1 is 1.69 bits per heavy atom. The van der Waals surface area contributed by atoms with Gasteiger partial charge in [0.25, 0.3) is 0 Å². The van der Waals surface area contributed by atoms with Gasteiger partial charge in [-0.1, -0.05) is 6.92 Å². The van der Waals surface area contributed by atoms with Crippen molar-refractivity contribution in [2.75, 3.05) is 20.3 Å². The molecule has 0 aliphatic carbocycles. The summed E-state index contributed by atoms with van der Waals surface area (Å²) in [5.41, 5.74) is 5.76. The first-order valence-corrected chi connectivity index (χ1v) is 6.08. The van der Waals surface area contributed by atoms with Gasteiger partial charge >= 0.3 is 0 Å². The standard InChI is InChI=1S/C11H18N2O2S/c1-8(6-15-2)4-13-5-10-3-9(7-16-10)11(12)14/h3,7-8,13H,4-6H2,1-2H3,(H2,12,14). The molecule has 5 heteroatoms. The van der Waals surface area contributed by atoms with Crippen molar-refractivity contribution in [3.05, 3.63) is 21.9 Å². The van der Waals surface area contributed by atoms with Gasteiger partial charge in [0.05, 0.1) is 5.56 Å². The van der Waals surface area contributed by atoms with Gasteiger partial charge in [-0.3, -0.25) is 4.79 Å². The van der Waals surface area contributed by atoms with E-state index in [0.717, 1.165) is 24.6 Å². The molecule has 0 fully saturated rings. The summed E-state index contributed by atoms with van der Waals surface area (Å²) in [6.07, 6.45) is 0. The lowest BCUT2D eigenvalue weighted by atomic mass is 10.2. The third-order valence-corrected chi connectivity index (χ3v) is 3.12. The number of hydrogen-bond donors (Lipinski definition) is 2. The van der Waals surface area contributed by atoms with E-state index in [4.69, 9.17) is 10.5 Å². The van der Waals surface area contributed by atoms with Gasteiger partial charge < -0.3 is 15.8 Å². The zero-order valence-corrected chi connectivity index (χ0v) is 10.5. The van der Waals surface area contributed by atoms with Crippen LogP contribution in [0.2, 0.25) is 0 Å². The molecule has 0 saturated heterocycles.